The number of aromatic carboxylic acids is 1. The molecule has 0 fully saturated rings. The molecule has 2 heterocycles. The Morgan fingerprint density at radius 1 is 1.56 bits per heavy atom. The molecule has 0 bridgehead atoms. The van der Waals surface area contributed by atoms with Crippen LogP contribution in [0, 0.1) is 0 Å². The molecule has 0 aliphatic rings. The summed E-state index contributed by atoms with van der Waals surface area (Å²) in [5.41, 5.74) is -0.0677. The molecule has 0 aliphatic heterocycles. The number of carboxylic acid groups (broad SMARTS) is 1. The quantitative estimate of drug-likeness (QED) is 0.856. The monoisotopic (exact) mass is 264 g/mol. The summed E-state index contributed by atoms with van der Waals surface area (Å²) in [7, 11) is 0. The Labute approximate surface area is 108 Å². The summed E-state index contributed by atoms with van der Waals surface area (Å²) in [4.78, 5) is 22.7. The fraction of sp³-hybridized carbons (Fsp3) is 0.273. The zero-order valence-corrected chi connectivity index (χ0v) is 10.5. The van der Waals surface area contributed by atoms with Crippen LogP contribution in [0.15, 0.2) is 24.0 Å². The molecule has 18 heavy (non-hydrogen) atoms. The Bertz CT molecular complexity index is 530. The van der Waals surface area contributed by atoms with Gasteiger partial charge in [-0.05, 0) is 0 Å². The van der Waals surface area contributed by atoms with E-state index in [-0.39, 0.29) is 11.6 Å². The number of thiazole rings is 1. The zero-order chi connectivity index (χ0) is 13.0. The molecule has 0 radical (unpaired) electrons. The van der Waals surface area contributed by atoms with Crippen LogP contribution in [0.5, 0.6) is 0 Å². The Morgan fingerprint density at radius 2 is 2.39 bits per heavy atom. The van der Waals surface area contributed by atoms with Crippen molar-refractivity contribution in [3.05, 3.63) is 34.7 Å². The average molecular weight is 264 g/mol. The first-order valence-electron chi connectivity index (χ1n) is 5.35. The molecule has 2 N–H and O–H groups in total. The standard InChI is InChI=1S/C11H12N4O2S/c1-7(10-13-2-3-18-10)4-14-9-6-12-5-8(15-9)11(16)17/h2-3,5-7H,4H2,1H3,(H,14,15)(H,16,17). The molecule has 0 aromatic carbocycles. The van der Waals surface area contributed by atoms with E-state index < -0.39 is 5.97 Å². The van der Waals surface area contributed by atoms with Crippen molar-refractivity contribution < 1.29 is 9.90 Å². The first-order valence-corrected chi connectivity index (χ1v) is 6.23. The zero-order valence-electron chi connectivity index (χ0n) is 9.70. The number of nitrogens with zero attached hydrogens (tertiary/aromatic N) is 3. The third kappa shape index (κ3) is 3.01. The van der Waals surface area contributed by atoms with Gasteiger partial charge in [-0.2, -0.15) is 0 Å². The predicted octanol–water partition coefficient (Wildman–Crippen LogP) is 1.85. The van der Waals surface area contributed by atoms with E-state index in [1.807, 2.05) is 12.3 Å². The van der Waals surface area contributed by atoms with E-state index >= 15 is 0 Å². The largest absolute Gasteiger partial charge is 0.476 e. The van der Waals surface area contributed by atoms with Crippen LogP contribution in [0.3, 0.4) is 0 Å². The second kappa shape index (κ2) is 5.54. The molecule has 0 spiro atoms. The van der Waals surface area contributed by atoms with Crippen LogP contribution < -0.4 is 5.32 Å². The molecule has 2 aromatic rings. The van der Waals surface area contributed by atoms with E-state index in [2.05, 4.69) is 20.3 Å². The number of hydrogen-bond donors (Lipinski definition) is 2. The lowest BCUT2D eigenvalue weighted by atomic mass is 10.2. The summed E-state index contributed by atoms with van der Waals surface area (Å²) < 4.78 is 0. The number of nitrogens with one attached hydrogen (secondary N) is 1. The Balaban J connectivity index is 1.98. The van der Waals surface area contributed by atoms with Crippen LogP contribution in [0.25, 0.3) is 0 Å². The Kier molecular flexibility index (Phi) is 3.83. The topological polar surface area (TPSA) is 88.0 Å². The highest BCUT2D eigenvalue weighted by Crippen LogP contribution is 2.17. The van der Waals surface area contributed by atoms with Crippen molar-refractivity contribution >= 4 is 23.1 Å². The van der Waals surface area contributed by atoms with Gasteiger partial charge in [0.25, 0.3) is 0 Å². The van der Waals surface area contributed by atoms with Crippen LogP contribution in [0.4, 0.5) is 5.82 Å². The van der Waals surface area contributed by atoms with Crippen molar-refractivity contribution in [3.8, 4) is 0 Å². The molecule has 1 unspecified atom stereocenters. The van der Waals surface area contributed by atoms with Crippen molar-refractivity contribution in [3.63, 3.8) is 0 Å². The van der Waals surface area contributed by atoms with Gasteiger partial charge in [-0.1, -0.05) is 6.92 Å². The molecule has 1 atom stereocenters. The first kappa shape index (κ1) is 12.4. The van der Waals surface area contributed by atoms with Crippen LogP contribution in [-0.2, 0) is 0 Å². The highest BCUT2D eigenvalue weighted by Gasteiger charge is 2.10. The van der Waals surface area contributed by atoms with Gasteiger partial charge in [0.2, 0.25) is 0 Å². The number of anilines is 1. The molecule has 7 heteroatoms. The summed E-state index contributed by atoms with van der Waals surface area (Å²) in [6, 6.07) is 0. The van der Waals surface area contributed by atoms with Crippen molar-refractivity contribution in [2.75, 3.05) is 11.9 Å². The maximum absolute atomic E-state index is 10.7. The number of rotatable bonds is 5. The van der Waals surface area contributed by atoms with Gasteiger partial charge in [0.15, 0.2) is 5.69 Å². The third-order valence-corrected chi connectivity index (χ3v) is 3.32. The Morgan fingerprint density at radius 3 is 3.06 bits per heavy atom. The highest BCUT2D eigenvalue weighted by atomic mass is 32.1. The highest BCUT2D eigenvalue weighted by molar-refractivity contribution is 7.09. The van der Waals surface area contributed by atoms with Gasteiger partial charge in [0.1, 0.15) is 5.82 Å². The molecule has 2 aromatic heterocycles. The van der Waals surface area contributed by atoms with E-state index in [1.54, 1.807) is 17.5 Å². The van der Waals surface area contributed by atoms with Gasteiger partial charge in [-0.3, -0.25) is 4.98 Å². The van der Waals surface area contributed by atoms with Crippen LogP contribution in [-0.4, -0.2) is 32.6 Å². The number of carbonyl (C=O) groups is 1. The normalized spacial score (nSPS) is 12.1. The molecule has 0 saturated carbocycles. The minimum absolute atomic E-state index is 0.0677. The van der Waals surface area contributed by atoms with Crippen LogP contribution >= 0.6 is 11.3 Å². The van der Waals surface area contributed by atoms with Crippen LogP contribution in [0.2, 0.25) is 0 Å². The van der Waals surface area contributed by atoms with Gasteiger partial charge in [-0.25, -0.2) is 14.8 Å². The SMILES string of the molecule is CC(CNc1cncc(C(=O)O)n1)c1nccs1. The maximum atomic E-state index is 10.7. The minimum atomic E-state index is -1.08. The summed E-state index contributed by atoms with van der Waals surface area (Å²) in [6.45, 7) is 2.67. The van der Waals surface area contributed by atoms with Crippen molar-refractivity contribution in [2.24, 2.45) is 0 Å². The smallest absolute Gasteiger partial charge is 0.356 e. The second-order valence-electron chi connectivity index (χ2n) is 3.75. The maximum Gasteiger partial charge on any atom is 0.356 e. The molecule has 0 saturated heterocycles. The molecule has 94 valence electrons. The summed E-state index contributed by atoms with van der Waals surface area (Å²) in [6.07, 6.45) is 4.49. The van der Waals surface area contributed by atoms with E-state index in [0.717, 1.165) is 5.01 Å². The van der Waals surface area contributed by atoms with Gasteiger partial charge < -0.3 is 10.4 Å². The van der Waals surface area contributed by atoms with Gasteiger partial charge in [0, 0.05) is 24.0 Å². The van der Waals surface area contributed by atoms with Crippen LogP contribution in [0.1, 0.15) is 28.3 Å². The van der Waals surface area contributed by atoms with Gasteiger partial charge in [-0.15, -0.1) is 11.3 Å². The third-order valence-electron chi connectivity index (χ3n) is 2.32. The fourth-order valence-electron chi connectivity index (χ4n) is 1.38. The summed E-state index contributed by atoms with van der Waals surface area (Å²) >= 11 is 1.59. The summed E-state index contributed by atoms with van der Waals surface area (Å²) in [5.74, 6) is -0.391. The number of carboxylic acids is 1. The lowest BCUT2D eigenvalue weighted by Crippen LogP contribution is -2.12. The molecule has 0 aliphatic carbocycles. The van der Waals surface area contributed by atoms with E-state index in [4.69, 9.17) is 5.11 Å². The van der Waals surface area contributed by atoms with Gasteiger partial charge in [0.05, 0.1) is 17.4 Å². The predicted molar refractivity (Wildman–Crippen MR) is 68.0 cm³/mol. The Hall–Kier alpha value is -2.02. The van der Waals surface area contributed by atoms with E-state index in [0.29, 0.717) is 12.4 Å². The number of hydrogen-bond acceptors (Lipinski definition) is 6. The van der Waals surface area contributed by atoms with E-state index in [9.17, 15) is 4.79 Å². The molecular weight excluding hydrogens is 252 g/mol. The molecule has 2 rings (SSSR count). The second-order valence-corrected chi connectivity index (χ2v) is 4.67. The van der Waals surface area contributed by atoms with E-state index in [1.165, 1.54) is 12.4 Å². The van der Waals surface area contributed by atoms with Crippen molar-refractivity contribution in [2.45, 2.75) is 12.8 Å². The number of aromatic nitrogens is 3. The molecule has 6 nitrogen and oxygen atoms in total. The first-order chi connectivity index (χ1) is 8.66. The summed E-state index contributed by atoms with van der Waals surface area (Å²) in [5, 5.41) is 14.8. The minimum Gasteiger partial charge on any atom is -0.476 e. The van der Waals surface area contributed by atoms with Crippen molar-refractivity contribution in [1.29, 1.82) is 0 Å². The molecular formula is C11H12N4O2S. The fourth-order valence-corrected chi connectivity index (χ4v) is 2.08. The molecule has 0 amide bonds. The van der Waals surface area contributed by atoms with Crippen molar-refractivity contribution in [1.82, 2.24) is 15.0 Å². The average Bonchev–Trinajstić information content (AvgIpc) is 2.90. The lowest BCUT2D eigenvalue weighted by Gasteiger charge is -2.10. The lowest BCUT2D eigenvalue weighted by molar-refractivity contribution is 0.0690. The van der Waals surface area contributed by atoms with Gasteiger partial charge >= 0.3 is 5.97 Å².